The van der Waals surface area contributed by atoms with Gasteiger partial charge in [0, 0.05) is 22.9 Å². The van der Waals surface area contributed by atoms with E-state index in [-0.39, 0.29) is 17.9 Å². The van der Waals surface area contributed by atoms with Gasteiger partial charge < -0.3 is 19.5 Å². The lowest BCUT2D eigenvalue weighted by atomic mass is 10.0. The van der Waals surface area contributed by atoms with Crippen LogP contribution < -0.4 is 4.74 Å². The number of aromatic hydroxyl groups is 1. The normalized spacial score (nSPS) is 16.8. The second-order valence-corrected chi connectivity index (χ2v) is 9.23. The summed E-state index contributed by atoms with van der Waals surface area (Å²) in [5.41, 5.74) is 1.66. The molecule has 168 valence electrons. The Balaban J connectivity index is 1.60. The number of piperidine rings is 1. The van der Waals surface area contributed by atoms with E-state index in [1.807, 2.05) is 64.1 Å². The van der Waals surface area contributed by atoms with Crippen molar-refractivity contribution in [3.63, 3.8) is 0 Å². The van der Waals surface area contributed by atoms with Crippen LogP contribution in [0.5, 0.6) is 11.6 Å². The highest BCUT2D eigenvalue weighted by Crippen LogP contribution is 2.36. The van der Waals surface area contributed by atoms with E-state index in [1.54, 1.807) is 11.0 Å². The molecule has 1 N–H and O–H groups in total. The highest BCUT2D eigenvalue weighted by Gasteiger charge is 2.29. The number of ether oxygens (including phenoxy) is 2. The van der Waals surface area contributed by atoms with Gasteiger partial charge >= 0.3 is 6.09 Å². The largest absolute Gasteiger partial charge is 0.507 e. The zero-order chi connectivity index (χ0) is 22.9. The number of aryl methyl sites for hydroxylation is 1. The van der Waals surface area contributed by atoms with E-state index < -0.39 is 5.60 Å². The van der Waals surface area contributed by atoms with Crippen molar-refractivity contribution in [2.45, 2.75) is 52.2 Å². The van der Waals surface area contributed by atoms with Gasteiger partial charge in [0.05, 0.1) is 6.54 Å². The van der Waals surface area contributed by atoms with Crippen LogP contribution in [-0.2, 0) is 4.74 Å². The lowest BCUT2D eigenvalue weighted by Crippen LogP contribution is -2.46. The fourth-order valence-electron chi connectivity index (χ4n) is 3.89. The molecule has 1 aliphatic heterocycles. The smallest absolute Gasteiger partial charge is 0.410 e. The SMILES string of the molecule is Cc1ccc(-c2nnc(OC3CCCN(C(=O)OC(C)(C)C)C3)c3ccccc23)c(O)c1. The van der Waals surface area contributed by atoms with Crippen LogP contribution in [0.15, 0.2) is 42.5 Å². The Kier molecular flexibility index (Phi) is 5.91. The maximum atomic E-state index is 12.5. The first kappa shape index (κ1) is 21.9. The Hall–Kier alpha value is -3.35. The van der Waals surface area contributed by atoms with Gasteiger partial charge in [0.25, 0.3) is 0 Å². The molecule has 0 spiro atoms. The van der Waals surface area contributed by atoms with Crippen molar-refractivity contribution in [1.29, 1.82) is 0 Å². The Labute approximate surface area is 188 Å². The molecule has 2 heterocycles. The number of phenols is 1. The Morgan fingerprint density at radius 2 is 1.88 bits per heavy atom. The van der Waals surface area contributed by atoms with Crippen LogP contribution in [0.1, 0.15) is 39.2 Å². The van der Waals surface area contributed by atoms with Crippen LogP contribution in [0, 0.1) is 6.92 Å². The molecule has 7 nitrogen and oxygen atoms in total. The maximum Gasteiger partial charge on any atom is 0.410 e. The molecule has 0 saturated carbocycles. The van der Waals surface area contributed by atoms with Crippen molar-refractivity contribution in [3.8, 4) is 22.9 Å². The first-order valence-electron chi connectivity index (χ1n) is 10.9. The monoisotopic (exact) mass is 435 g/mol. The van der Waals surface area contributed by atoms with Gasteiger partial charge in [-0.2, -0.15) is 0 Å². The lowest BCUT2D eigenvalue weighted by Gasteiger charge is -2.34. The third-order valence-electron chi connectivity index (χ3n) is 5.37. The van der Waals surface area contributed by atoms with Crippen molar-refractivity contribution < 1.29 is 19.4 Å². The highest BCUT2D eigenvalue weighted by atomic mass is 16.6. The van der Waals surface area contributed by atoms with Crippen molar-refractivity contribution in [1.82, 2.24) is 15.1 Å². The van der Waals surface area contributed by atoms with E-state index in [0.717, 1.165) is 29.2 Å². The summed E-state index contributed by atoms with van der Waals surface area (Å²) < 4.78 is 11.7. The van der Waals surface area contributed by atoms with Crippen LogP contribution in [0.2, 0.25) is 0 Å². The summed E-state index contributed by atoms with van der Waals surface area (Å²) in [6.07, 6.45) is 1.11. The topological polar surface area (TPSA) is 84.8 Å². The molecule has 2 aromatic carbocycles. The number of nitrogens with zero attached hydrogens (tertiary/aromatic N) is 3. The van der Waals surface area contributed by atoms with Crippen molar-refractivity contribution in [2.24, 2.45) is 0 Å². The molecule has 1 saturated heterocycles. The highest BCUT2D eigenvalue weighted by molar-refractivity contribution is 5.98. The fourth-order valence-corrected chi connectivity index (χ4v) is 3.89. The van der Waals surface area contributed by atoms with Crippen LogP contribution >= 0.6 is 0 Å². The lowest BCUT2D eigenvalue weighted by molar-refractivity contribution is 0.00733. The molecule has 0 aliphatic carbocycles. The van der Waals surface area contributed by atoms with E-state index in [9.17, 15) is 9.90 Å². The Morgan fingerprint density at radius 1 is 1.12 bits per heavy atom. The van der Waals surface area contributed by atoms with E-state index in [2.05, 4.69) is 10.2 Å². The van der Waals surface area contributed by atoms with Crippen LogP contribution in [0.4, 0.5) is 4.79 Å². The molecule has 1 aliphatic rings. The number of phenolic OH excluding ortho intramolecular Hbond substituents is 1. The van der Waals surface area contributed by atoms with Crippen molar-refractivity contribution >= 4 is 16.9 Å². The Morgan fingerprint density at radius 3 is 2.59 bits per heavy atom. The van der Waals surface area contributed by atoms with E-state index >= 15 is 0 Å². The summed E-state index contributed by atoms with van der Waals surface area (Å²) in [6.45, 7) is 8.58. The van der Waals surface area contributed by atoms with Crippen LogP contribution in [0.25, 0.3) is 22.0 Å². The molecule has 32 heavy (non-hydrogen) atoms. The number of amides is 1. The second kappa shape index (κ2) is 8.65. The molecule has 1 aromatic heterocycles. The number of aromatic nitrogens is 2. The first-order chi connectivity index (χ1) is 15.2. The summed E-state index contributed by atoms with van der Waals surface area (Å²) in [4.78, 5) is 14.2. The molecule has 7 heteroatoms. The van der Waals surface area contributed by atoms with Crippen molar-refractivity contribution in [3.05, 3.63) is 48.0 Å². The van der Waals surface area contributed by atoms with E-state index in [1.165, 1.54) is 0 Å². The molecule has 3 aromatic rings. The van der Waals surface area contributed by atoms with Crippen molar-refractivity contribution in [2.75, 3.05) is 13.1 Å². The molecule has 1 fully saturated rings. The standard InChI is InChI=1S/C25H29N3O4/c1-16-11-12-20(21(29)14-16)22-18-9-5-6-10-19(18)23(27-26-22)31-17-8-7-13-28(15-17)24(30)32-25(2,3)4/h5-6,9-12,14,17,29H,7-8,13,15H2,1-4H3. The third kappa shape index (κ3) is 4.77. The molecule has 1 unspecified atom stereocenters. The molecule has 0 radical (unpaired) electrons. The predicted molar refractivity (Wildman–Crippen MR) is 123 cm³/mol. The van der Waals surface area contributed by atoms with Gasteiger partial charge in [-0.3, -0.25) is 0 Å². The average molecular weight is 436 g/mol. The number of hydrogen-bond donors (Lipinski definition) is 1. The minimum absolute atomic E-state index is 0.165. The number of benzene rings is 2. The van der Waals surface area contributed by atoms with Gasteiger partial charge in [0.15, 0.2) is 0 Å². The van der Waals surface area contributed by atoms with E-state index in [0.29, 0.717) is 30.2 Å². The quantitative estimate of drug-likeness (QED) is 0.617. The summed E-state index contributed by atoms with van der Waals surface area (Å²) in [5, 5.41) is 20.9. The zero-order valence-electron chi connectivity index (χ0n) is 19.0. The number of likely N-dealkylation sites (tertiary alicyclic amines) is 1. The van der Waals surface area contributed by atoms with Gasteiger partial charge in [-0.15, -0.1) is 10.2 Å². The predicted octanol–water partition coefficient (Wildman–Crippen LogP) is 5.09. The van der Waals surface area contributed by atoms with Crippen LogP contribution in [0.3, 0.4) is 0 Å². The Bertz CT molecular complexity index is 1140. The van der Waals surface area contributed by atoms with Gasteiger partial charge in [-0.25, -0.2) is 4.79 Å². The molecule has 4 rings (SSSR count). The van der Waals surface area contributed by atoms with Gasteiger partial charge in [-0.05, 0) is 64.3 Å². The number of hydrogen-bond acceptors (Lipinski definition) is 6. The summed E-state index contributed by atoms with van der Waals surface area (Å²) in [6, 6.07) is 13.2. The molecule has 1 atom stereocenters. The molecule has 1 amide bonds. The van der Waals surface area contributed by atoms with Crippen LogP contribution in [-0.4, -0.2) is 51.1 Å². The first-order valence-corrected chi connectivity index (χ1v) is 10.9. The maximum absolute atomic E-state index is 12.5. The average Bonchev–Trinajstić information content (AvgIpc) is 2.74. The number of carbonyl (C=O) groups excluding carboxylic acids is 1. The molecule has 0 bridgehead atoms. The molecular weight excluding hydrogens is 406 g/mol. The zero-order valence-corrected chi connectivity index (χ0v) is 19.0. The summed E-state index contributed by atoms with van der Waals surface area (Å²) in [7, 11) is 0. The number of fused-ring (bicyclic) bond motifs is 1. The third-order valence-corrected chi connectivity index (χ3v) is 5.37. The summed E-state index contributed by atoms with van der Waals surface area (Å²) >= 11 is 0. The number of rotatable bonds is 3. The second-order valence-electron chi connectivity index (χ2n) is 9.23. The summed E-state index contributed by atoms with van der Waals surface area (Å²) in [5.74, 6) is 0.588. The minimum Gasteiger partial charge on any atom is -0.507 e. The van der Waals surface area contributed by atoms with Gasteiger partial charge in [-0.1, -0.05) is 24.3 Å². The molecular formula is C25H29N3O4. The fraction of sp³-hybridized carbons (Fsp3) is 0.400. The van der Waals surface area contributed by atoms with E-state index in [4.69, 9.17) is 9.47 Å². The number of carbonyl (C=O) groups is 1. The van der Waals surface area contributed by atoms with Gasteiger partial charge in [0.2, 0.25) is 5.88 Å². The minimum atomic E-state index is -0.538. The van der Waals surface area contributed by atoms with Gasteiger partial charge in [0.1, 0.15) is 23.1 Å².